The molecule has 4 heterocycles. The van der Waals surface area contributed by atoms with Crippen molar-refractivity contribution in [2.75, 3.05) is 42.5 Å². The van der Waals surface area contributed by atoms with E-state index < -0.39 is 33.8 Å². The monoisotopic (exact) mass is 923 g/mol. The number of nitrogens with zero attached hydrogens (tertiary/aromatic N) is 6. The molecule has 9 rings (SSSR count). The topological polar surface area (TPSA) is 97.8 Å². The highest BCUT2D eigenvalue weighted by Crippen LogP contribution is 2.52. The second-order valence-electron chi connectivity index (χ2n) is 16.0. The molecule has 0 saturated heterocycles. The molecule has 1 aliphatic carbocycles. The molecule has 4 aromatic carbocycles. The fraction of sp³-hybridized carbons (Fsp3) is 0.265. The Kier molecular flexibility index (Phi) is 12.3. The van der Waals surface area contributed by atoms with Gasteiger partial charge in [-0.1, -0.05) is 66.2 Å². The van der Waals surface area contributed by atoms with Gasteiger partial charge in [0.25, 0.3) is 0 Å². The lowest BCUT2D eigenvalue weighted by molar-refractivity contribution is -0.137. The van der Waals surface area contributed by atoms with Crippen molar-refractivity contribution in [2.24, 2.45) is 0 Å². The molecular weight excluding hydrogens is 881 g/mol. The van der Waals surface area contributed by atoms with Gasteiger partial charge in [-0.3, -0.25) is 0 Å². The summed E-state index contributed by atoms with van der Waals surface area (Å²) in [5.74, 6) is 1.16. The molecule has 0 bridgehead atoms. The van der Waals surface area contributed by atoms with Crippen LogP contribution in [0.15, 0.2) is 97.2 Å². The average Bonchev–Trinajstić information content (AvgIpc) is 3.50. The van der Waals surface area contributed by atoms with Gasteiger partial charge < -0.3 is 29.3 Å². The van der Waals surface area contributed by atoms with E-state index in [1.165, 1.54) is 13.0 Å². The van der Waals surface area contributed by atoms with Gasteiger partial charge in [0, 0.05) is 31.4 Å². The number of ether oxygens (including phenoxy) is 3. The van der Waals surface area contributed by atoms with Gasteiger partial charge in [-0.2, -0.15) is 18.2 Å². The number of rotatable bonds is 12. The lowest BCUT2D eigenvalue weighted by atomic mass is 9.87. The van der Waals surface area contributed by atoms with Crippen LogP contribution in [-0.2, 0) is 32.2 Å². The van der Waals surface area contributed by atoms with Crippen LogP contribution in [0, 0.1) is 12.7 Å². The van der Waals surface area contributed by atoms with Gasteiger partial charge in [0.2, 0.25) is 5.28 Å². The second-order valence-corrected chi connectivity index (χ2v) is 16.7. The van der Waals surface area contributed by atoms with Crippen LogP contribution in [-0.4, -0.2) is 47.3 Å². The Balaban J connectivity index is 1.19. The smallest absolute Gasteiger partial charge is 0.418 e. The van der Waals surface area contributed by atoms with Gasteiger partial charge in [0.15, 0.2) is 11.6 Å². The van der Waals surface area contributed by atoms with Crippen LogP contribution in [0.1, 0.15) is 57.8 Å². The number of methoxy groups -OCH3 is 2. The standard InChI is InChI=1S/C49H43Cl2F4N7O3/c1-28-24-36(61(26-30-12-16-33(63-2)17-13-30)27-31-14-18-34(64-3)19-15-31)58-43(40(28)49(53,54)55)38-41(50)45-39-44(42(38)52)59-48(51)60-47(39)62(22-23-65-45)35-11-7-10-32-20-21-56-46(37(32)35)57-25-29-8-5-4-6-9-29/h4-6,8-9,12-21,24,35H,7,10-11,22-23,25-27H2,1-3H3,(H,56,57)/t35-/m1/s1. The molecule has 1 atom stereocenters. The van der Waals surface area contributed by atoms with E-state index >= 15 is 17.6 Å². The first-order valence-corrected chi connectivity index (χ1v) is 21.8. The van der Waals surface area contributed by atoms with Crippen LogP contribution >= 0.6 is 23.2 Å². The summed E-state index contributed by atoms with van der Waals surface area (Å²) >= 11 is 13.8. The third kappa shape index (κ3) is 8.76. The lowest BCUT2D eigenvalue weighted by Crippen LogP contribution is -2.35. The Morgan fingerprint density at radius 3 is 2.20 bits per heavy atom. The highest BCUT2D eigenvalue weighted by Gasteiger charge is 2.41. The average molecular weight is 925 g/mol. The molecule has 2 aliphatic rings. The van der Waals surface area contributed by atoms with Crippen molar-refractivity contribution >= 4 is 51.6 Å². The normalized spacial score (nSPS) is 14.7. The van der Waals surface area contributed by atoms with Crippen LogP contribution in [0.2, 0.25) is 10.3 Å². The van der Waals surface area contributed by atoms with E-state index in [0.29, 0.717) is 30.3 Å². The van der Waals surface area contributed by atoms with E-state index in [2.05, 4.69) is 20.3 Å². The summed E-state index contributed by atoms with van der Waals surface area (Å²) in [7, 11) is 3.12. The van der Waals surface area contributed by atoms with Crippen LogP contribution in [0.5, 0.6) is 17.2 Å². The number of benzene rings is 4. The van der Waals surface area contributed by atoms with Crippen LogP contribution < -0.4 is 29.3 Å². The summed E-state index contributed by atoms with van der Waals surface area (Å²) < 4.78 is 80.8. The second kappa shape index (κ2) is 18.2. The van der Waals surface area contributed by atoms with Crippen molar-refractivity contribution in [1.82, 2.24) is 19.9 Å². The summed E-state index contributed by atoms with van der Waals surface area (Å²) in [5.41, 5.74) is 1.75. The minimum Gasteiger partial charge on any atom is -0.497 e. The number of nitrogens with one attached hydrogen (secondary N) is 1. The Hall–Kier alpha value is -6.38. The van der Waals surface area contributed by atoms with Gasteiger partial charge in [0.1, 0.15) is 41.1 Å². The van der Waals surface area contributed by atoms with Crippen molar-refractivity contribution < 1.29 is 31.8 Å². The first-order chi connectivity index (χ1) is 31.4. The van der Waals surface area contributed by atoms with Crippen LogP contribution in [0.4, 0.5) is 35.0 Å². The number of anilines is 3. The van der Waals surface area contributed by atoms with Gasteiger partial charge in [-0.25, -0.2) is 19.3 Å². The fourth-order valence-electron chi connectivity index (χ4n) is 8.88. The summed E-state index contributed by atoms with van der Waals surface area (Å²) in [4.78, 5) is 22.2. The number of hydrogen-bond acceptors (Lipinski definition) is 10. The van der Waals surface area contributed by atoms with Crippen molar-refractivity contribution in [3.05, 3.63) is 152 Å². The van der Waals surface area contributed by atoms with Gasteiger partial charge in [-0.05, 0) is 102 Å². The van der Waals surface area contributed by atoms with Gasteiger partial charge in [0.05, 0.1) is 54.0 Å². The summed E-state index contributed by atoms with van der Waals surface area (Å²) in [6, 6.07) is 27.6. The molecule has 0 unspecified atom stereocenters. The zero-order valence-corrected chi connectivity index (χ0v) is 37.2. The number of halogens is 6. The van der Waals surface area contributed by atoms with E-state index in [4.69, 9.17) is 42.4 Å². The number of pyridine rings is 2. The molecule has 334 valence electrons. The fourth-order valence-corrected chi connectivity index (χ4v) is 9.37. The lowest BCUT2D eigenvalue weighted by Gasteiger charge is -2.37. The zero-order chi connectivity index (χ0) is 45.4. The molecule has 0 saturated carbocycles. The Labute approximate surface area is 383 Å². The third-order valence-corrected chi connectivity index (χ3v) is 12.4. The number of alkyl halides is 3. The number of aryl methyl sites for hydroxylation is 2. The van der Waals surface area contributed by atoms with Crippen LogP contribution in [0.25, 0.3) is 22.2 Å². The maximum Gasteiger partial charge on any atom is 0.418 e. The Bertz CT molecular complexity index is 2820. The molecule has 0 radical (unpaired) electrons. The molecule has 7 aromatic rings. The summed E-state index contributed by atoms with van der Waals surface area (Å²) in [5, 5.41) is 2.91. The zero-order valence-electron chi connectivity index (χ0n) is 35.6. The van der Waals surface area contributed by atoms with Crippen molar-refractivity contribution in [1.29, 1.82) is 0 Å². The Morgan fingerprint density at radius 2 is 1.55 bits per heavy atom. The minimum atomic E-state index is -4.97. The van der Waals surface area contributed by atoms with Crippen LogP contribution in [0.3, 0.4) is 0 Å². The predicted octanol–water partition coefficient (Wildman–Crippen LogP) is 12.0. The molecule has 65 heavy (non-hydrogen) atoms. The molecule has 10 nitrogen and oxygen atoms in total. The summed E-state index contributed by atoms with van der Waals surface area (Å²) in [6.45, 7) is 2.59. The molecule has 0 amide bonds. The maximum absolute atomic E-state index is 17.7. The molecule has 3 aromatic heterocycles. The van der Waals surface area contributed by atoms with Gasteiger partial charge >= 0.3 is 6.18 Å². The highest BCUT2D eigenvalue weighted by atomic mass is 35.5. The van der Waals surface area contributed by atoms with E-state index in [0.717, 1.165) is 40.7 Å². The molecule has 16 heteroatoms. The maximum atomic E-state index is 17.7. The third-order valence-electron chi connectivity index (χ3n) is 11.9. The predicted molar refractivity (Wildman–Crippen MR) is 245 cm³/mol. The molecule has 1 aliphatic heterocycles. The van der Waals surface area contributed by atoms with Gasteiger partial charge in [-0.15, -0.1) is 0 Å². The van der Waals surface area contributed by atoms with Crippen molar-refractivity contribution in [3.63, 3.8) is 0 Å². The van der Waals surface area contributed by atoms with E-state index in [-0.39, 0.29) is 71.4 Å². The quantitative estimate of drug-likeness (QED) is 0.0942. The number of hydrogen-bond donors (Lipinski definition) is 1. The number of fused-ring (bicyclic) bond motifs is 1. The molecule has 1 N–H and O–H groups in total. The summed E-state index contributed by atoms with van der Waals surface area (Å²) in [6.07, 6.45) is -0.830. The number of aromatic nitrogens is 4. The first kappa shape index (κ1) is 43.9. The minimum absolute atomic E-state index is 0.0306. The highest BCUT2D eigenvalue weighted by molar-refractivity contribution is 6.37. The van der Waals surface area contributed by atoms with Crippen molar-refractivity contribution in [3.8, 4) is 28.5 Å². The van der Waals surface area contributed by atoms with E-state index in [9.17, 15) is 0 Å². The van der Waals surface area contributed by atoms with E-state index in [1.807, 2.05) is 70.5 Å². The first-order valence-electron chi connectivity index (χ1n) is 21.0. The largest absolute Gasteiger partial charge is 0.497 e. The van der Waals surface area contributed by atoms with E-state index in [1.54, 1.807) is 44.7 Å². The molecule has 0 fully saturated rings. The molecular formula is C49H43Cl2F4N7O3. The molecule has 0 spiro atoms. The Morgan fingerprint density at radius 1 is 0.877 bits per heavy atom. The SMILES string of the molecule is COc1ccc(CN(Cc2ccc(OC)cc2)c2cc(C)c(C(F)(F)F)c(-c3c(Cl)c4c5c(nc(Cl)nc5c3F)N([C@@H]3CCCc5ccnc(NCc6ccccc6)c53)CCO4)n2)cc1. The van der Waals surface area contributed by atoms with Crippen molar-refractivity contribution in [2.45, 2.75) is 58.0 Å².